The second kappa shape index (κ2) is 8.52. The van der Waals surface area contributed by atoms with Crippen molar-refractivity contribution >= 4 is 23.4 Å². The predicted molar refractivity (Wildman–Crippen MR) is 118 cm³/mol. The van der Waals surface area contributed by atoms with E-state index in [-0.39, 0.29) is 5.91 Å². The summed E-state index contributed by atoms with van der Waals surface area (Å²) in [5.41, 5.74) is 4.27. The molecule has 1 aliphatic rings. The highest BCUT2D eigenvalue weighted by Crippen LogP contribution is 2.31. The van der Waals surface area contributed by atoms with E-state index >= 15 is 0 Å². The fourth-order valence-corrected chi connectivity index (χ4v) is 3.50. The Morgan fingerprint density at radius 1 is 1.13 bits per heavy atom. The van der Waals surface area contributed by atoms with Crippen molar-refractivity contribution in [3.05, 3.63) is 59.5 Å². The van der Waals surface area contributed by atoms with Crippen molar-refractivity contribution in [2.24, 2.45) is 0 Å². The van der Waals surface area contributed by atoms with Crippen molar-refractivity contribution in [2.45, 2.75) is 33.4 Å². The van der Waals surface area contributed by atoms with Crippen LogP contribution in [0.15, 0.2) is 42.9 Å². The van der Waals surface area contributed by atoms with E-state index in [0.29, 0.717) is 19.0 Å². The minimum atomic E-state index is 0.0567. The maximum Gasteiger partial charge on any atom is 0.246 e. The number of nitrogens with one attached hydrogen (secondary N) is 1. The van der Waals surface area contributed by atoms with E-state index in [4.69, 9.17) is 0 Å². The minimum Gasteiger partial charge on any atom is -0.350 e. The summed E-state index contributed by atoms with van der Waals surface area (Å²) in [6.07, 6.45) is 6.55. The van der Waals surface area contributed by atoms with Gasteiger partial charge in [-0.25, -0.2) is 4.98 Å². The van der Waals surface area contributed by atoms with Crippen LogP contribution in [0.5, 0.6) is 0 Å². The van der Waals surface area contributed by atoms with E-state index in [2.05, 4.69) is 58.5 Å². The van der Waals surface area contributed by atoms with Crippen molar-refractivity contribution in [2.75, 3.05) is 35.3 Å². The highest BCUT2D eigenvalue weighted by molar-refractivity contribution is 6.01. The highest BCUT2D eigenvalue weighted by Gasteiger charge is 2.28. The standard InChI is InChI=1S/C22H27N7O/c1-4-9-28-15-20(30)27(3)19-12-24-22(26-21(19)28)23-10-18-11-25-29(14-18)13-17-7-5-16(2)6-8-17/h5-8,11-12,14H,4,9-10,13,15H2,1-3H3,(H,23,24,26). The number of carbonyl (C=O) groups is 1. The van der Waals surface area contributed by atoms with Crippen molar-refractivity contribution in [1.82, 2.24) is 19.7 Å². The summed E-state index contributed by atoms with van der Waals surface area (Å²) in [7, 11) is 1.77. The molecule has 30 heavy (non-hydrogen) atoms. The lowest BCUT2D eigenvalue weighted by Gasteiger charge is -2.34. The fourth-order valence-electron chi connectivity index (χ4n) is 3.50. The maximum atomic E-state index is 12.2. The number of nitrogens with zero attached hydrogens (tertiary/aromatic N) is 6. The molecule has 0 radical (unpaired) electrons. The van der Waals surface area contributed by atoms with Crippen LogP contribution >= 0.6 is 0 Å². The predicted octanol–water partition coefficient (Wildman–Crippen LogP) is 2.83. The largest absolute Gasteiger partial charge is 0.350 e. The number of aryl methyl sites for hydroxylation is 1. The Morgan fingerprint density at radius 2 is 1.93 bits per heavy atom. The summed E-state index contributed by atoms with van der Waals surface area (Å²) < 4.78 is 1.93. The molecular weight excluding hydrogens is 378 g/mol. The van der Waals surface area contributed by atoms with E-state index in [1.54, 1.807) is 18.1 Å². The van der Waals surface area contributed by atoms with Crippen LogP contribution in [-0.4, -0.2) is 45.8 Å². The number of likely N-dealkylation sites (N-methyl/N-ethyl adjacent to an activating group) is 1. The van der Waals surface area contributed by atoms with Crippen LogP contribution in [0.1, 0.15) is 30.0 Å². The second-order valence-corrected chi connectivity index (χ2v) is 7.66. The van der Waals surface area contributed by atoms with Gasteiger partial charge in [0.25, 0.3) is 0 Å². The topological polar surface area (TPSA) is 79.2 Å². The monoisotopic (exact) mass is 405 g/mol. The Morgan fingerprint density at radius 3 is 2.70 bits per heavy atom. The third kappa shape index (κ3) is 4.27. The van der Waals surface area contributed by atoms with Crippen LogP contribution < -0.4 is 15.1 Å². The zero-order valence-corrected chi connectivity index (χ0v) is 17.7. The molecule has 0 saturated carbocycles. The molecule has 2 aromatic heterocycles. The molecule has 8 heteroatoms. The molecule has 0 atom stereocenters. The van der Waals surface area contributed by atoms with Gasteiger partial charge < -0.3 is 15.1 Å². The Kier molecular flexibility index (Phi) is 5.65. The molecule has 0 aliphatic carbocycles. The smallest absolute Gasteiger partial charge is 0.246 e. The van der Waals surface area contributed by atoms with Crippen molar-refractivity contribution in [1.29, 1.82) is 0 Å². The number of fused-ring (bicyclic) bond motifs is 1. The molecule has 0 spiro atoms. The van der Waals surface area contributed by atoms with Gasteiger partial charge in [0.1, 0.15) is 5.69 Å². The zero-order chi connectivity index (χ0) is 21.1. The molecule has 1 amide bonds. The van der Waals surface area contributed by atoms with E-state index in [9.17, 15) is 4.79 Å². The number of hydrogen-bond acceptors (Lipinski definition) is 6. The minimum absolute atomic E-state index is 0.0567. The molecule has 3 aromatic rings. The van der Waals surface area contributed by atoms with E-state index in [1.807, 2.05) is 22.0 Å². The Balaban J connectivity index is 1.43. The first-order valence-electron chi connectivity index (χ1n) is 10.2. The summed E-state index contributed by atoms with van der Waals surface area (Å²) in [6.45, 7) is 6.63. The number of rotatable bonds is 7. The molecule has 4 rings (SSSR count). The lowest BCUT2D eigenvalue weighted by Crippen LogP contribution is -2.44. The Hall–Kier alpha value is -3.42. The summed E-state index contributed by atoms with van der Waals surface area (Å²) in [4.78, 5) is 24.9. The average Bonchev–Trinajstić information content (AvgIpc) is 3.19. The summed E-state index contributed by atoms with van der Waals surface area (Å²) in [6, 6.07) is 8.47. The summed E-state index contributed by atoms with van der Waals surface area (Å²) in [5, 5.41) is 7.73. The van der Waals surface area contributed by atoms with Crippen LogP contribution in [0, 0.1) is 6.92 Å². The van der Waals surface area contributed by atoms with Gasteiger partial charge in [0.2, 0.25) is 11.9 Å². The van der Waals surface area contributed by atoms with Gasteiger partial charge in [0.05, 0.1) is 25.5 Å². The number of anilines is 3. The Labute approximate surface area is 176 Å². The first-order chi connectivity index (χ1) is 14.5. The molecule has 3 heterocycles. The molecule has 0 unspecified atom stereocenters. The number of carbonyl (C=O) groups excluding carboxylic acids is 1. The molecule has 156 valence electrons. The summed E-state index contributed by atoms with van der Waals surface area (Å²) in [5.74, 6) is 1.40. The molecule has 8 nitrogen and oxygen atoms in total. The third-order valence-electron chi connectivity index (χ3n) is 5.21. The van der Waals surface area contributed by atoms with Crippen LogP contribution in [0.25, 0.3) is 0 Å². The maximum absolute atomic E-state index is 12.2. The number of benzene rings is 1. The summed E-state index contributed by atoms with van der Waals surface area (Å²) >= 11 is 0. The van der Waals surface area contributed by atoms with E-state index < -0.39 is 0 Å². The van der Waals surface area contributed by atoms with Gasteiger partial charge in [0.15, 0.2) is 5.82 Å². The first-order valence-corrected chi connectivity index (χ1v) is 10.2. The SMILES string of the molecule is CCCN1CC(=O)N(C)c2cnc(NCc3cnn(Cc4ccc(C)cc4)c3)nc21. The van der Waals surface area contributed by atoms with Gasteiger partial charge in [-0.05, 0) is 18.9 Å². The van der Waals surface area contributed by atoms with E-state index in [0.717, 1.165) is 36.6 Å². The van der Waals surface area contributed by atoms with Crippen molar-refractivity contribution in [3.8, 4) is 0 Å². The molecule has 1 aliphatic heterocycles. The average molecular weight is 406 g/mol. The number of aromatic nitrogens is 4. The molecule has 0 bridgehead atoms. The van der Waals surface area contributed by atoms with Crippen LogP contribution in [-0.2, 0) is 17.9 Å². The second-order valence-electron chi connectivity index (χ2n) is 7.66. The Bertz CT molecular complexity index is 1030. The van der Waals surface area contributed by atoms with Gasteiger partial charge in [-0.1, -0.05) is 36.8 Å². The van der Waals surface area contributed by atoms with Crippen LogP contribution in [0.4, 0.5) is 17.5 Å². The molecule has 0 fully saturated rings. The van der Waals surface area contributed by atoms with Crippen LogP contribution in [0.2, 0.25) is 0 Å². The molecular formula is C22H27N7O. The quantitative estimate of drug-likeness (QED) is 0.651. The van der Waals surface area contributed by atoms with Gasteiger partial charge in [-0.3, -0.25) is 9.48 Å². The van der Waals surface area contributed by atoms with Gasteiger partial charge >= 0.3 is 0 Å². The number of hydrogen-bond donors (Lipinski definition) is 1. The highest BCUT2D eigenvalue weighted by atomic mass is 16.2. The van der Waals surface area contributed by atoms with Gasteiger partial charge in [-0.2, -0.15) is 10.1 Å². The first kappa shape index (κ1) is 19.9. The van der Waals surface area contributed by atoms with Crippen LogP contribution in [0.3, 0.4) is 0 Å². The fraction of sp³-hybridized carbons (Fsp3) is 0.364. The number of amides is 1. The molecule has 0 saturated heterocycles. The normalized spacial score (nSPS) is 13.5. The van der Waals surface area contributed by atoms with E-state index in [1.165, 1.54) is 11.1 Å². The lowest BCUT2D eigenvalue weighted by molar-refractivity contribution is -0.117. The molecule has 1 N–H and O–H groups in total. The molecule has 1 aromatic carbocycles. The van der Waals surface area contributed by atoms with Gasteiger partial charge in [0, 0.05) is 31.9 Å². The van der Waals surface area contributed by atoms with Crippen molar-refractivity contribution in [3.63, 3.8) is 0 Å². The zero-order valence-electron chi connectivity index (χ0n) is 17.7. The third-order valence-corrected chi connectivity index (χ3v) is 5.21. The lowest BCUT2D eigenvalue weighted by atomic mass is 10.1. The van der Waals surface area contributed by atoms with Gasteiger partial charge in [-0.15, -0.1) is 0 Å². The van der Waals surface area contributed by atoms with Crippen molar-refractivity contribution < 1.29 is 4.79 Å².